The van der Waals surface area contributed by atoms with Crippen molar-refractivity contribution >= 4 is 22.7 Å². The highest BCUT2D eigenvalue weighted by Crippen LogP contribution is 2.38. The summed E-state index contributed by atoms with van der Waals surface area (Å²) >= 11 is 0. The van der Waals surface area contributed by atoms with Crippen molar-refractivity contribution in [1.29, 1.82) is 0 Å². The molecular formula is C48H42N4O7. The van der Waals surface area contributed by atoms with Crippen LogP contribution in [0, 0.1) is 0 Å². The maximum absolute atomic E-state index is 7.03. The number of ether oxygens (including phenoxy) is 5. The standard InChI is InChI=1S/C48H42N4O7/c49-33-5-13-37(14-6-33)55-41-23-31(24-42(29-41)56-38-15-7-34(50)8-16-38)27-47(45-3-1-21-53-45)59-48(46-4-2-22-54-46)28-32-25-43(57-39-17-9-35(51)10-18-39)30-44(26-32)58-40-19-11-36(52)12-20-40/h1-26,29-30,47-48H,27-28,49-52H2. The number of nitrogen functional groups attached to an aromatic ring is 4. The van der Waals surface area contributed by atoms with Gasteiger partial charge < -0.3 is 55.5 Å². The molecule has 8 rings (SSSR count). The van der Waals surface area contributed by atoms with Gasteiger partial charge in [0.1, 0.15) is 69.7 Å². The fourth-order valence-electron chi connectivity index (χ4n) is 6.43. The zero-order chi connectivity index (χ0) is 40.6. The van der Waals surface area contributed by atoms with Gasteiger partial charge >= 0.3 is 0 Å². The number of anilines is 4. The minimum Gasteiger partial charge on any atom is -0.467 e. The minimum atomic E-state index is -0.573. The zero-order valence-corrected chi connectivity index (χ0v) is 31.9. The van der Waals surface area contributed by atoms with Gasteiger partial charge in [0.05, 0.1) is 12.5 Å². The fourth-order valence-corrected chi connectivity index (χ4v) is 6.43. The smallest absolute Gasteiger partial charge is 0.132 e. The summed E-state index contributed by atoms with van der Waals surface area (Å²) in [4.78, 5) is 0. The highest BCUT2D eigenvalue weighted by Gasteiger charge is 2.26. The molecule has 0 aliphatic heterocycles. The van der Waals surface area contributed by atoms with Crippen LogP contribution in [0.3, 0.4) is 0 Å². The lowest BCUT2D eigenvalue weighted by Gasteiger charge is -2.24. The zero-order valence-electron chi connectivity index (χ0n) is 31.9. The highest BCUT2D eigenvalue weighted by molar-refractivity contribution is 5.49. The molecular weight excluding hydrogens is 745 g/mol. The van der Waals surface area contributed by atoms with E-state index in [0.717, 1.165) is 11.1 Å². The summed E-state index contributed by atoms with van der Waals surface area (Å²) < 4.78 is 44.3. The number of benzene rings is 6. The summed E-state index contributed by atoms with van der Waals surface area (Å²) in [5, 5.41) is 0. The van der Waals surface area contributed by atoms with Gasteiger partial charge in [-0.25, -0.2) is 0 Å². The molecule has 0 radical (unpaired) electrons. The van der Waals surface area contributed by atoms with Crippen LogP contribution in [-0.2, 0) is 17.6 Å². The Morgan fingerprint density at radius 2 is 0.644 bits per heavy atom. The minimum absolute atomic E-state index is 0.382. The van der Waals surface area contributed by atoms with Crippen molar-refractivity contribution < 1.29 is 32.5 Å². The fraction of sp³-hybridized carbons (Fsp3) is 0.0833. The average molecular weight is 787 g/mol. The van der Waals surface area contributed by atoms with E-state index in [-0.39, 0.29) is 0 Å². The van der Waals surface area contributed by atoms with Crippen LogP contribution in [0.25, 0.3) is 0 Å². The van der Waals surface area contributed by atoms with Gasteiger partial charge in [0.15, 0.2) is 0 Å². The van der Waals surface area contributed by atoms with E-state index in [1.54, 1.807) is 61.1 Å². The number of hydrogen-bond acceptors (Lipinski definition) is 11. The Kier molecular flexibility index (Phi) is 11.4. The SMILES string of the molecule is Nc1ccc(Oc2cc(CC(OC(Cc3cc(Oc4ccc(N)cc4)cc(Oc4ccc(N)cc4)c3)c3ccco3)c3ccco3)cc(Oc3ccc(N)cc3)c2)cc1. The maximum atomic E-state index is 7.03. The molecule has 0 bridgehead atoms. The first-order chi connectivity index (χ1) is 28.8. The second kappa shape index (κ2) is 17.6. The molecule has 0 fully saturated rings. The van der Waals surface area contributed by atoms with Crippen LogP contribution < -0.4 is 41.9 Å². The molecule has 2 heterocycles. The van der Waals surface area contributed by atoms with E-state index in [9.17, 15) is 0 Å². The van der Waals surface area contributed by atoms with E-state index in [0.29, 0.717) is 93.1 Å². The molecule has 8 N–H and O–H groups in total. The Bertz CT molecular complexity index is 2250. The molecule has 2 atom stereocenters. The third-order valence-electron chi connectivity index (χ3n) is 9.23. The van der Waals surface area contributed by atoms with Crippen molar-refractivity contribution in [3.8, 4) is 46.0 Å². The Balaban J connectivity index is 1.11. The Hall–Kier alpha value is -7.76. The summed E-state index contributed by atoms with van der Waals surface area (Å²) in [6.45, 7) is 0. The normalized spacial score (nSPS) is 12.1. The van der Waals surface area contributed by atoms with Gasteiger partial charge in [-0.3, -0.25) is 0 Å². The van der Waals surface area contributed by atoms with Gasteiger partial charge in [0.2, 0.25) is 0 Å². The molecule has 0 aliphatic carbocycles. The summed E-state index contributed by atoms with van der Waals surface area (Å²) in [7, 11) is 0. The molecule has 0 saturated heterocycles. The Morgan fingerprint density at radius 3 is 0.898 bits per heavy atom. The molecule has 11 heteroatoms. The molecule has 2 unspecified atom stereocenters. The van der Waals surface area contributed by atoms with Crippen LogP contribution in [0.1, 0.15) is 34.9 Å². The third-order valence-corrected chi connectivity index (χ3v) is 9.23. The van der Waals surface area contributed by atoms with E-state index >= 15 is 0 Å². The molecule has 296 valence electrons. The predicted molar refractivity (Wildman–Crippen MR) is 228 cm³/mol. The van der Waals surface area contributed by atoms with Crippen molar-refractivity contribution in [3.05, 3.63) is 193 Å². The monoisotopic (exact) mass is 786 g/mol. The number of rotatable bonds is 16. The Labute approximate surface area is 341 Å². The molecule has 59 heavy (non-hydrogen) atoms. The van der Waals surface area contributed by atoms with Crippen molar-refractivity contribution in [3.63, 3.8) is 0 Å². The van der Waals surface area contributed by atoms with E-state index in [4.69, 9.17) is 55.5 Å². The van der Waals surface area contributed by atoms with Crippen molar-refractivity contribution in [2.75, 3.05) is 22.9 Å². The lowest BCUT2D eigenvalue weighted by molar-refractivity contribution is -0.0355. The maximum Gasteiger partial charge on any atom is 0.132 e. The number of nitrogens with two attached hydrogens (primary N) is 4. The van der Waals surface area contributed by atoms with Gasteiger partial charge in [0.25, 0.3) is 0 Å². The summed E-state index contributed by atoms with van der Waals surface area (Å²) in [6.07, 6.45) is 2.87. The summed E-state index contributed by atoms with van der Waals surface area (Å²) in [6, 6.07) is 47.7. The van der Waals surface area contributed by atoms with Gasteiger partial charge in [-0.2, -0.15) is 0 Å². The van der Waals surface area contributed by atoms with Crippen LogP contribution in [0.2, 0.25) is 0 Å². The van der Waals surface area contributed by atoms with E-state index in [2.05, 4.69) is 0 Å². The van der Waals surface area contributed by atoms with Crippen LogP contribution in [-0.4, -0.2) is 0 Å². The van der Waals surface area contributed by atoms with Crippen LogP contribution in [0.5, 0.6) is 46.0 Å². The molecule has 2 aromatic heterocycles. The molecule has 0 aliphatic rings. The lowest BCUT2D eigenvalue weighted by Crippen LogP contribution is -2.14. The first-order valence-electron chi connectivity index (χ1n) is 18.9. The molecule has 8 aromatic rings. The second-order valence-corrected chi connectivity index (χ2v) is 13.9. The average Bonchev–Trinajstić information content (AvgIpc) is 3.97. The van der Waals surface area contributed by atoms with E-state index < -0.39 is 12.2 Å². The van der Waals surface area contributed by atoms with Crippen molar-refractivity contribution in [2.24, 2.45) is 0 Å². The van der Waals surface area contributed by atoms with Crippen LogP contribution >= 0.6 is 0 Å². The van der Waals surface area contributed by atoms with Gasteiger partial charge in [-0.1, -0.05) is 0 Å². The van der Waals surface area contributed by atoms with E-state index in [1.807, 2.05) is 109 Å². The summed E-state index contributed by atoms with van der Waals surface area (Å²) in [5.41, 5.74) is 28.0. The molecule has 0 spiro atoms. The first-order valence-corrected chi connectivity index (χ1v) is 18.9. The van der Waals surface area contributed by atoms with Crippen LogP contribution in [0.15, 0.2) is 179 Å². The molecule has 6 aromatic carbocycles. The van der Waals surface area contributed by atoms with Crippen molar-refractivity contribution in [1.82, 2.24) is 0 Å². The molecule has 0 amide bonds. The Morgan fingerprint density at radius 1 is 0.356 bits per heavy atom. The number of furan rings is 2. The molecule has 0 saturated carbocycles. The topological polar surface area (TPSA) is 177 Å². The lowest BCUT2D eigenvalue weighted by atomic mass is 10.0. The predicted octanol–water partition coefficient (Wildman–Crippen LogP) is 11.7. The second-order valence-electron chi connectivity index (χ2n) is 13.9. The largest absolute Gasteiger partial charge is 0.467 e. The van der Waals surface area contributed by atoms with Gasteiger partial charge in [0, 0.05) is 47.7 Å². The van der Waals surface area contributed by atoms with E-state index in [1.165, 1.54) is 0 Å². The third kappa shape index (κ3) is 10.4. The van der Waals surface area contributed by atoms with Crippen molar-refractivity contribution in [2.45, 2.75) is 25.0 Å². The summed E-state index contributed by atoms with van der Waals surface area (Å²) in [5.74, 6) is 5.97. The first kappa shape index (κ1) is 38.1. The quantitative estimate of drug-likeness (QED) is 0.0685. The highest BCUT2D eigenvalue weighted by atomic mass is 16.5. The van der Waals surface area contributed by atoms with Gasteiger partial charge in [-0.05, 0) is 157 Å². The van der Waals surface area contributed by atoms with Crippen LogP contribution in [0.4, 0.5) is 22.7 Å². The number of hydrogen-bond donors (Lipinski definition) is 4. The van der Waals surface area contributed by atoms with Gasteiger partial charge in [-0.15, -0.1) is 0 Å². The molecule has 11 nitrogen and oxygen atoms in total.